The molecule has 0 aliphatic rings. The Hall–Kier alpha value is -1.21. The molecular formula is C9H11N3S. The number of rotatable bonds is 3. The molecule has 2 N–H and O–H groups in total. The number of thioether (sulfide) groups is 1. The van der Waals surface area contributed by atoms with Crippen LogP contribution in [0.2, 0.25) is 0 Å². The Morgan fingerprint density at radius 1 is 1.69 bits per heavy atom. The van der Waals surface area contributed by atoms with E-state index in [-0.39, 0.29) is 5.25 Å². The summed E-state index contributed by atoms with van der Waals surface area (Å²) < 4.78 is 0. The smallest absolute Gasteiger partial charge is 0.123 e. The van der Waals surface area contributed by atoms with E-state index >= 15 is 0 Å². The fourth-order valence-corrected chi connectivity index (χ4v) is 1.63. The first-order valence-corrected chi connectivity index (χ1v) is 4.92. The van der Waals surface area contributed by atoms with E-state index in [1.807, 2.05) is 13.0 Å². The number of nitrogens with zero attached hydrogens (tertiary/aromatic N) is 2. The zero-order valence-electron chi connectivity index (χ0n) is 7.40. The predicted molar refractivity (Wildman–Crippen MR) is 54.2 cm³/mol. The van der Waals surface area contributed by atoms with Crippen LogP contribution in [0.3, 0.4) is 0 Å². The summed E-state index contributed by atoms with van der Waals surface area (Å²) in [5.74, 6) is 0.509. The van der Waals surface area contributed by atoms with Crippen molar-refractivity contribution in [3.63, 3.8) is 0 Å². The van der Waals surface area contributed by atoms with E-state index in [1.54, 1.807) is 12.3 Å². The van der Waals surface area contributed by atoms with Crippen LogP contribution in [-0.2, 0) is 0 Å². The molecule has 0 amide bonds. The van der Waals surface area contributed by atoms with E-state index in [0.717, 1.165) is 11.3 Å². The summed E-state index contributed by atoms with van der Waals surface area (Å²) >= 11 is 1.52. The van der Waals surface area contributed by atoms with E-state index in [1.165, 1.54) is 11.8 Å². The van der Waals surface area contributed by atoms with E-state index in [4.69, 9.17) is 11.0 Å². The Labute approximate surface area is 82.0 Å². The lowest BCUT2D eigenvalue weighted by Gasteiger charge is -2.04. The molecule has 1 heterocycles. The SMILES string of the molecule is CCC(C#N)Sc1ccc(N)nc1. The molecule has 0 aromatic carbocycles. The summed E-state index contributed by atoms with van der Waals surface area (Å²) in [4.78, 5) is 4.94. The first-order chi connectivity index (χ1) is 6.26. The van der Waals surface area contributed by atoms with Crippen molar-refractivity contribution in [1.29, 1.82) is 5.26 Å². The molecule has 4 heteroatoms. The Morgan fingerprint density at radius 2 is 2.46 bits per heavy atom. The highest BCUT2D eigenvalue weighted by Crippen LogP contribution is 2.24. The number of aromatic nitrogens is 1. The van der Waals surface area contributed by atoms with Crippen molar-refractivity contribution in [2.24, 2.45) is 0 Å². The fourth-order valence-electron chi connectivity index (χ4n) is 0.827. The lowest BCUT2D eigenvalue weighted by molar-refractivity contribution is 0.984. The Bertz CT molecular complexity index is 302. The van der Waals surface area contributed by atoms with Gasteiger partial charge in [0.1, 0.15) is 5.82 Å². The molecule has 0 bridgehead atoms. The van der Waals surface area contributed by atoms with Gasteiger partial charge in [-0.2, -0.15) is 5.26 Å². The van der Waals surface area contributed by atoms with Gasteiger partial charge in [0.05, 0.1) is 11.3 Å². The topological polar surface area (TPSA) is 62.7 Å². The van der Waals surface area contributed by atoms with Crippen LogP contribution in [-0.4, -0.2) is 10.2 Å². The van der Waals surface area contributed by atoms with Crippen molar-refractivity contribution in [3.8, 4) is 6.07 Å². The highest BCUT2D eigenvalue weighted by molar-refractivity contribution is 8.00. The molecule has 1 rings (SSSR count). The minimum atomic E-state index is 0.00502. The number of hydrogen-bond donors (Lipinski definition) is 1. The molecule has 1 atom stereocenters. The van der Waals surface area contributed by atoms with Crippen molar-refractivity contribution in [1.82, 2.24) is 4.98 Å². The fraction of sp³-hybridized carbons (Fsp3) is 0.333. The van der Waals surface area contributed by atoms with Gasteiger partial charge in [0.2, 0.25) is 0 Å². The molecule has 0 saturated carbocycles. The van der Waals surface area contributed by atoms with Crippen LogP contribution >= 0.6 is 11.8 Å². The first kappa shape index (κ1) is 9.87. The van der Waals surface area contributed by atoms with Gasteiger partial charge in [-0.25, -0.2) is 4.98 Å². The van der Waals surface area contributed by atoms with Gasteiger partial charge >= 0.3 is 0 Å². The van der Waals surface area contributed by atoms with Crippen LogP contribution < -0.4 is 5.73 Å². The number of hydrogen-bond acceptors (Lipinski definition) is 4. The Balaban J connectivity index is 2.64. The third-order valence-corrected chi connectivity index (χ3v) is 2.79. The maximum absolute atomic E-state index is 8.73. The molecule has 68 valence electrons. The Morgan fingerprint density at radius 3 is 2.92 bits per heavy atom. The molecule has 1 unspecified atom stereocenters. The summed E-state index contributed by atoms with van der Waals surface area (Å²) in [7, 11) is 0. The highest BCUT2D eigenvalue weighted by atomic mass is 32.2. The van der Waals surface area contributed by atoms with Crippen LogP contribution in [0.4, 0.5) is 5.82 Å². The van der Waals surface area contributed by atoms with Gasteiger partial charge in [0.15, 0.2) is 0 Å². The summed E-state index contributed by atoms with van der Waals surface area (Å²) in [6.45, 7) is 1.99. The second-order valence-electron chi connectivity index (χ2n) is 2.56. The molecule has 0 aliphatic carbocycles. The van der Waals surface area contributed by atoms with Gasteiger partial charge < -0.3 is 5.73 Å². The van der Waals surface area contributed by atoms with Crippen LogP contribution in [0.1, 0.15) is 13.3 Å². The average molecular weight is 193 g/mol. The second kappa shape index (κ2) is 4.73. The molecule has 13 heavy (non-hydrogen) atoms. The molecule has 1 aromatic heterocycles. The van der Waals surface area contributed by atoms with Crippen LogP contribution in [0, 0.1) is 11.3 Å². The van der Waals surface area contributed by atoms with E-state index in [9.17, 15) is 0 Å². The zero-order chi connectivity index (χ0) is 9.68. The molecular weight excluding hydrogens is 182 g/mol. The first-order valence-electron chi connectivity index (χ1n) is 4.04. The molecule has 0 saturated heterocycles. The van der Waals surface area contributed by atoms with Gasteiger partial charge in [-0.1, -0.05) is 6.92 Å². The van der Waals surface area contributed by atoms with Crippen LogP contribution in [0.15, 0.2) is 23.2 Å². The van der Waals surface area contributed by atoms with Crippen molar-refractivity contribution >= 4 is 17.6 Å². The average Bonchev–Trinajstić information content (AvgIpc) is 2.17. The maximum atomic E-state index is 8.73. The summed E-state index contributed by atoms with van der Waals surface area (Å²) in [5.41, 5.74) is 5.44. The Kier molecular flexibility index (Phi) is 3.59. The normalized spacial score (nSPS) is 12.0. The van der Waals surface area contributed by atoms with Gasteiger partial charge in [0, 0.05) is 11.1 Å². The van der Waals surface area contributed by atoms with Gasteiger partial charge in [0.25, 0.3) is 0 Å². The van der Waals surface area contributed by atoms with Crippen molar-refractivity contribution < 1.29 is 0 Å². The molecule has 1 aromatic rings. The standard InChI is InChI=1S/C9H11N3S/c1-2-7(5-10)13-8-3-4-9(11)12-6-8/h3-4,6-7H,2H2,1H3,(H2,11,12). The zero-order valence-corrected chi connectivity index (χ0v) is 8.21. The quantitative estimate of drug-likeness (QED) is 0.746. The van der Waals surface area contributed by atoms with E-state index in [0.29, 0.717) is 5.82 Å². The lowest BCUT2D eigenvalue weighted by atomic mass is 10.4. The third-order valence-electron chi connectivity index (χ3n) is 1.55. The number of pyridine rings is 1. The van der Waals surface area contributed by atoms with Crippen molar-refractivity contribution in [2.45, 2.75) is 23.5 Å². The van der Waals surface area contributed by atoms with Crippen LogP contribution in [0.5, 0.6) is 0 Å². The predicted octanol–water partition coefficient (Wildman–Crippen LogP) is 2.06. The van der Waals surface area contributed by atoms with Crippen LogP contribution in [0.25, 0.3) is 0 Å². The molecule has 0 spiro atoms. The van der Waals surface area contributed by atoms with Crippen molar-refractivity contribution in [3.05, 3.63) is 18.3 Å². The molecule has 0 aliphatic heterocycles. The lowest BCUT2D eigenvalue weighted by Crippen LogP contribution is -1.96. The van der Waals surface area contributed by atoms with Crippen molar-refractivity contribution in [2.75, 3.05) is 5.73 Å². The van der Waals surface area contributed by atoms with Gasteiger partial charge in [-0.05, 0) is 18.6 Å². The minimum Gasteiger partial charge on any atom is -0.384 e. The molecule has 3 nitrogen and oxygen atoms in total. The number of nitriles is 1. The monoisotopic (exact) mass is 193 g/mol. The highest BCUT2D eigenvalue weighted by Gasteiger charge is 2.05. The summed E-state index contributed by atoms with van der Waals surface area (Å²) in [5, 5.41) is 8.73. The maximum Gasteiger partial charge on any atom is 0.123 e. The summed E-state index contributed by atoms with van der Waals surface area (Å²) in [6.07, 6.45) is 2.53. The molecule has 0 fully saturated rings. The van der Waals surface area contributed by atoms with Gasteiger partial charge in [-0.3, -0.25) is 0 Å². The number of anilines is 1. The largest absolute Gasteiger partial charge is 0.384 e. The third kappa shape index (κ3) is 2.96. The molecule has 0 radical (unpaired) electrons. The van der Waals surface area contributed by atoms with Gasteiger partial charge in [-0.15, -0.1) is 11.8 Å². The van der Waals surface area contributed by atoms with E-state index in [2.05, 4.69) is 11.1 Å². The van der Waals surface area contributed by atoms with E-state index < -0.39 is 0 Å². The second-order valence-corrected chi connectivity index (χ2v) is 3.84. The number of nitrogen functional groups attached to an aromatic ring is 1. The number of nitrogens with two attached hydrogens (primary N) is 1. The minimum absolute atomic E-state index is 0.00502. The summed E-state index contributed by atoms with van der Waals surface area (Å²) in [6, 6.07) is 5.84.